The molecule has 3 aromatic rings. The summed E-state index contributed by atoms with van der Waals surface area (Å²) >= 11 is 0. The highest BCUT2D eigenvalue weighted by molar-refractivity contribution is 5.41. The summed E-state index contributed by atoms with van der Waals surface area (Å²) in [6.45, 7) is 7.31. The molecule has 1 atom stereocenters. The van der Waals surface area contributed by atoms with Crippen molar-refractivity contribution in [2.24, 2.45) is 0 Å². The highest BCUT2D eigenvalue weighted by atomic mass is 15.1. The summed E-state index contributed by atoms with van der Waals surface area (Å²) in [7, 11) is 2.15. The van der Waals surface area contributed by atoms with Crippen molar-refractivity contribution < 1.29 is 0 Å². The molecular formula is C19H24N4. The Labute approximate surface area is 137 Å². The second-order valence-corrected chi connectivity index (χ2v) is 6.44. The van der Waals surface area contributed by atoms with Gasteiger partial charge in [0.05, 0.1) is 5.69 Å². The number of hydrogen-bond acceptors (Lipinski definition) is 3. The van der Waals surface area contributed by atoms with Gasteiger partial charge in [-0.25, -0.2) is 4.98 Å². The van der Waals surface area contributed by atoms with E-state index in [-0.39, 0.29) is 0 Å². The van der Waals surface area contributed by atoms with Crippen LogP contribution in [-0.2, 0) is 13.0 Å². The lowest BCUT2D eigenvalue weighted by Gasteiger charge is -2.24. The second kappa shape index (κ2) is 6.50. The van der Waals surface area contributed by atoms with Crippen LogP contribution in [0.15, 0.2) is 42.9 Å². The van der Waals surface area contributed by atoms with Crippen LogP contribution in [0.4, 0.5) is 0 Å². The maximum Gasteiger partial charge on any atom is 0.137 e. The molecule has 0 aromatic carbocycles. The van der Waals surface area contributed by atoms with Crippen molar-refractivity contribution in [1.29, 1.82) is 0 Å². The van der Waals surface area contributed by atoms with E-state index in [1.807, 2.05) is 12.3 Å². The molecule has 0 saturated carbocycles. The lowest BCUT2D eigenvalue weighted by atomic mass is 10.1. The molecular weight excluding hydrogens is 284 g/mol. The number of imidazole rings is 1. The molecule has 0 N–H and O–H groups in total. The van der Waals surface area contributed by atoms with Gasteiger partial charge in [0.25, 0.3) is 0 Å². The van der Waals surface area contributed by atoms with Gasteiger partial charge >= 0.3 is 0 Å². The van der Waals surface area contributed by atoms with E-state index in [0.29, 0.717) is 6.04 Å². The number of nitrogens with zero attached hydrogens (tertiary/aromatic N) is 4. The van der Waals surface area contributed by atoms with Gasteiger partial charge in [0.1, 0.15) is 5.65 Å². The summed E-state index contributed by atoms with van der Waals surface area (Å²) in [4.78, 5) is 11.5. The van der Waals surface area contributed by atoms with Gasteiger partial charge in [-0.05, 0) is 51.1 Å². The van der Waals surface area contributed by atoms with E-state index in [4.69, 9.17) is 4.98 Å². The van der Waals surface area contributed by atoms with Gasteiger partial charge in [-0.1, -0.05) is 12.1 Å². The predicted octanol–water partition coefficient (Wildman–Crippen LogP) is 3.41. The van der Waals surface area contributed by atoms with Crippen LogP contribution < -0.4 is 0 Å². The van der Waals surface area contributed by atoms with Gasteiger partial charge in [0.15, 0.2) is 0 Å². The summed E-state index contributed by atoms with van der Waals surface area (Å²) in [5.41, 5.74) is 5.79. The molecule has 3 rings (SSSR count). The monoisotopic (exact) mass is 308 g/mol. The van der Waals surface area contributed by atoms with Crippen molar-refractivity contribution in [2.75, 3.05) is 7.05 Å². The lowest BCUT2D eigenvalue weighted by molar-refractivity contribution is 0.244. The standard InChI is InChI=1S/C19H24N4/c1-14-7-8-19-21-17(13-23(19)11-14)12-22(4)16(3)10-18-15(2)6-5-9-20-18/h5-9,11,13,16H,10,12H2,1-4H3/t16-/m1/s1. The summed E-state index contributed by atoms with van der Waals surface area (Å²) < 4.78 is 2.10. The Bertz CT molecular complexity index is 806. The SMILES string of the molecule is Cc1ccc2nc(CN(C)[C@H](C)Cc3ncccc3C)cn2c1. The second-order valence-electron chi connectivity index (χ2n) is 6.44. The van der Waals surface area contributed by atoms with E-state index in [9.17, 15) is 0 Å². The Balaban J connectivity index is 1.69. The third kappa shape index (κ3) is 3.59. The number of likely N-dealkylation sites (N-methyl/N-ethyl adjacent to an activating group) is 1. The van der Waals surface area contributed by atoms with E-state index in [2.05, 4.69) is 72.7 Å². The van der Waals surface area contributed by atoms with E-state index >= 15 is 0 Å². The fourth-order valence-corrected chi connectivity index (χ4v) is 2.81. The van der Waals surface area contributed by atoms with Crippen LogP contribution in [0.25, 0.3) is 5.65 Å². The molecule has 0 saturated heterocycles. The minimum atomic E-state index is 0.412. The quantitative estimate of drug-likeness (QED) is 0.724. The molecule has 0 aliphatic heterocycles. The Morgan fingerprint density at radius 1 is 1.17 bits per heavy atom. The van der Waals surface area contributed by atoms with Crippen molar-refractivity contribution in [2.45, 2.75) is 39.8 Å². The van der Waals surface area contributed by atoms with Crippen molar-refractivity contribution in [1.82, 2.24) is 19.3 Å². The summed E-state index contributed by atoms with van der Waals surface area (Å²) in [6.07, 6.45) is 7.07. The largest absolute Gasteiger partial charge is 0.307 e. The van der Waals surface area contributed by atoms with Crippen LogP contribution >= 0.6 is 0 Å². The molecule has 4 heteroatoms. The Kier molecular flexibility index (Phi) is 4.44. The molecule has 0 aliphatic rings. The van der Waals surface area contributed by atoms with Crippen LogP contribution in [0.1, 0.15) is 29.4 Å². The number of hydrogen-bond donors (Lipinski definition) is 0. The van der Waals surface area contributed by atoms with Crippen LogP contribution in [0.3, 0.4) is 0 Å². The highest BCUT2D eigenvalue weighted by Crippen LogP contribution is 2.13. The highest BCUT2D eigenvalue weighted by Gasteiger charge is 2.14. The van der Waals surface area contributed by atoms with Crippen molar-refractivity contribution in [3.8, 4) is 0 Å². The Hall–Kier alpha value is -2.20. The van der Waals surface area contributed by atoms with Crippen LogP contribution in [0.2, 0.25) is 0 Å². The number of aryl methyl sites for hydroxylation is 2. The normalized spacial score (nSPS) is 12.9. The number of pyridine rings is 2. The van der Waals surface area contributed by atoms with Gasteiger partial charge in [-0.3, -0.25) is 9.88 Å². The first-order valence-corrected chi connectivity index (χ1v) is 8.08. The average molecular weight is 308 g/mol. The van der Waals surface area contributed by atoms with Gasteiger partial charge in [-0.2, -0.15) is 0 Å². The molecule has 4 nitrogen and oxygen atoms in total. The van der Waals surface area contributed by atoms with Gasteiger partial charge < -0.3 is 4.40 Å². The van der Waals surface area contributed by atoms with Crippen LogP contribution in [0, 0.1) is 13.8 Å². The number of aromatic nitrogens is 3. The summed E-state index contributed by atoms with van der Waals surface area (Å²) in [5.74, 6) is 0. The molecule has 0 bridgehead atoms. The zero-order chi connectivity index (χ0) is 16.4. The van der Waals surface area contributed by atoms with Crippen molar-refractivity contribution in [3.05, 3.63) is 65.4 Å². The summed E-state index contributed by atoms with van der Waals surface area (Å²) in [5, 5.41) is 0. The zero-order valence-electron chi connectivity index (χ0n) is 14.3. The molecule has 23 heavy (non-hydrogen) atoms. The minimum absolute atomic E-state index is 0.412. The Morgan fingerprint density at radius 2 is 2.00 bits per heavy atom. The predicted molar refractivity (Wildman–Crippen MR) is 93.5 cm³/mol. The van der Waals surface area contributed by atoms with Gasteiger partial charge in [0, 0.05) is 43.3 Å². The average Bonchev–Trinajstić information content (AvgIpc) is 2.90. The maximum atomic E-state index is 4.71. The van der Waals surface area contributed by atoms with Crippen molar-refractivity contribution in [3.63, 3.8) is 0 Å². The lowest BCUT2D eigenvalue weighted by Crippen LogP contribution is -2.31. The zero-order valence-corrected chi connectivity index (χ0v) is 14.3. The molecule has 3 aromatic heterocycles. The van der Waals surface area contributed by atoms with Crippen LogP contribution in [0.5, 0.6) is 0 Å². The Morgan fingerprint density at radius 3 is 2.78 bits per heavy atom. The first kappa shape index (κ1) is 15.7. The molecule has 0 unspecified atom stereocenters. The first-order valence-electron chi connectivity index (χ1n) is 8.08. The van der Waals surface area contributed by atoms with Gasteiger partial charge in [-0.15, -0.1) is 0 Å². The third-order valence-corrected chi connectivity index (χ3v) is 4.42. The topological polar surface area (TPSA) is 33.4 Å². The maximum absolute atomic E-state index is 4.71. The minimum Gasteiger partial charge on any atom is -0.307 e. The van der Waals surface area contributed by atoms with Gasteiger partial charge in [0.2, 0.25) is 0 Å². The molecule has 0 aliphatic carbocycles. The first-order chi connectivity index (χ1) is 11.0. The molecule has 0 spiro atoms. The molecule has 0 amide bonds. The number of rotatable bonds is 5. The van der Waals surface area contributed by atoms with E-state index < -0.39 is 0 Å². The smallest absolute Gasteiger partial charge is 0.137 e. The molecule has 120 valence electrons. The number of fused-ring (bicyclic) bond motifs is 1. The third-order valence-electron chi connectivity index (χ3n) is 4.42. The summed E-state index contributed by atoms with van der Waals surface area (Å²) in [6, 6.07) is 8.70. The van der Waals surface area contributed by atoms with E-state index in [1.165, 1.54) is 16.8 Å². The molecule has 0 fully saturated rings. The fourth-order valence-electron chi connectivity index (χ4n) is 2.81. The van der Waals surface area contributed by atoms with Crippen LogP contribution in [-0.4, -0.2) is 32.4 Å². The molecule has 0 radical (unpaired) electrons. The molecule has 3 heterocycles. The fraction of sp³-hybridized carbons (Fsp3) is 0.368. The van der Waals surface area contributed by atoms with E-state index in [1.54, 1.807) is 0 Å². The van der Waals surface area contributed by atoms with E-state index in [0.717, 1.165) is 24.3 Å². The van der Waals surface area contributed by atoms with Crippen molar-refractivity contribution >= 4 is 5.65 Å².